The summed E-state index contributed by atoms with van der Waals surface area (Å²) in [5, 5.41) is 4.27. The Morgan fingerprint density at radius 2 is 1.86 bits per heavy atom. The van der Waals surface area contributed by atoms with Gasteiger partial charge in [0.2, 0.25) is 0 Å². The molecule has 0 aliphatic rings. The molecular weight excluding hydrogens is 498 g/mol. The van der Waals surface area contributed by atoms with E-state index in [0.717, 1.165) is 23.6 Å². The predicted molar refractivity (Wildman–Crippen MR) is 140 cm³/mol. The van der Waals surface area contributed by atoms with E-state index in [2.05, 4.69) is 14.9 Å². The molecule has 0 saturated carbocycles. The van der Waals surface area contributed by atoms with Crippen molar-refractivity contribution in [3.05, 3.63) is 94.0 Å². The second-order valence-corrected chi connectivity index (χ2v) is 9.35. The first kappa shape index (κ1) is 24.5. The van der Waals surface area contributed by atoms with Gasteiger partial charge in [0.1, 0.15) is 5.82 Å². The van der Waals surface area contributed by atoms with Gasteiger partial charge in [0.05, 0.1) is 11.2 Å². The van der Waals surface area contributed by atoms with Crippen molar-refractivity contribution in [1.82, 2.24) is 14.7 Å². The molecule has 2 heterocycles. The number of ether oxygens (including phenoxy) is 1. The van der Waals surface area contributed by atoms with Crippen molar-refractivity contribution in [3.8, 4) is 28.6 Å². The molecule has 0 aliphatic carbocycles. The van der Waals surface area contributed by atoms with Crippen LogP contribution >= 0.6 is 11.9 Å². The van der Waals surface area contributed by atoms with Crippen molar-refractivity contribution in [2.24, 2.45) is 0 Å². The summed E-state index contributed by atoms with van der Waals surface area (Å²) in [6, 6.07) is 13.8. The summed E-state index contributed by atoms with van der Waals surface area (Å²) in [6.07, 6.45) is 1.71. The number of aryl methyl sites for hydroxylation is 2. The van der Waals surface area contributed by atoms with Crippen LogP contribution < -0.4 is 14.9 Å². The summed E-state index contributed by atoms with van der Waals surface area (Å²) in [5.41, 5.74) is 2.90. The monoisotopic (exact) mass is 520 g/mol. The van der Waals surface area contributed by atoms with Crippen LogP contribution in [-0.4, -0.2) is 20.5 Å². The number of benzene rings is 3. The van der Waals surface area contributed by atoms with Crippen molar-refractivity contribution in [2.45, 2.75) is 20.8 Å². The lowest BCUT2D eigenvalue weighted by Gasteiger charge is -2.18. The smallest absolute Gasteiger partial charge is 0.257 e. The summed E-state index contributed by atoms with van der Waals surface area (Å²) in [5.74, 6) is 0.310. The molecule has 10 heteroatoms. The molecule has 0 atom stereocenters. The maximum absolute atomic E-state index is 14.4. The average Bonchev–Trinajstić information content (AvgIpc) is 3.33. The number of hydrogen-bond acceptors (Lipinski definition) is 7. The minimum absolute atomic E-state index is 0.123. The molecule has 2 aromatic heterocycles. The Kier molecular flexibility index (Phi) is 6.66. The molecule has 3 aromatic carbocycles. The Labute approximate surface area is 215 Å². The van der Waals surface area contributed by atoms with Gasteiger partial charge in [-0.05, 0) is 62.4 Å². The predicted octanol–water partition coefficient (Wildman–Crippen LogP) is 6.81. The van der Waals surface area contributed by atoms with Gasteiger partial charge in [0, 0.05) is 40.2 Å². The Morgan fingerprint density at radius 1 is 1.05 bits per heavy atom. The summed E-state index contributed by atoms with van der Waals surface area (Å²) < 4.78 is 44.2. The number of halogens is 2. The summed E-state index contributed by atoms with van der Waals surface area (Å²) in [6.45, 7) is 5.46. The van der Waals surface area contributed by atoms with Gasteiger partial charge in [0.25, 0.3) is 5.89 Å². The average molecular weight is 521 g/mol. The van der Waals surface area contributed by atoms with Crippen molar-refractivity contribution < 1.29 is 18.0 Å². The maximum Gasteiger partial charge on any atom is 0.257 e. The number of aromatic nitrogens is 3. The molecule has 5 aromatic rings. The molecule has 0 radical (unpaired) electrons. The Hall–Kier alpha value is -4.18. The molecule has 5 rings (SSSR count). The van der Waals surface area contributed by atoms with E-state index in [0.29, 0.717) is 45.2 Å². The van der Waals surface area contributed by atoms with E-state index in [-0.39, 0.29) is 11.2 Å². The second-order valence-electron chi connectivity index (χ2n) is 8.28. The van der Waals surface area contributed by atoms with Gasteiger partial charge in [-0.3, -0.25) is 4.79 Å². The Morgan fingerprint density at radius 3 is 2.59 bits per heavy atom. The molecule has 0 spiro atoms. The minimum atomic E-state index is -0.824. The van der Waals surface area contributed by atoms with Gasteiger partial charge in [-0.2, -0.15) is 4.98 Å². The SMILES string of the molecule is CCSNc1ccc(Oc2ccc(F)cc2F)c(-n2cc(C)c(=O)c3cc(-c4nc(C)no4)ccc32)c1. The van der Waals surface area contributed by atoms with Crippen LogP contribution in [-0.2, 0) is 0 Å². The zero-order valence-corrected chi connectivity index (χ0v) is 21.0. The number of nitrogens with zero attached hydrogens (tertiary/aromatic N) is 3. The van der Waals surface area contributed by atoms with Crippen molar-refractivity contribution in [3.63, 3.8) is 0 Å². The number of hydrogen-bond donors (Lipinski definition) is 1. The molecule has 7 nitrogen and oxygen atoms in total. The molecule has 0 fully saturated rings. The zero-order valence-electron chi connectivity index (χ0n) is 20.2. The van der Waals surface area contributed by atoms with E-state index < -0.39 is 11.6 Å². The highest BCUT2D eigenvalue weighted by Gasteiger charge is 2.17. The lowest BCUT2D eigenvalue weighted by molar-refractivity contribution is 0.425. The van der Waals surface area contributed by atoms with Gasteiger partial charge in [-0.1, -0.05) is 24.0 Å². The van der Waals surface area contributed by atoms with E-state index in [1.807, 2.05) is 17.6 Å². The Bertz CT molecular complexity index is 1680. The van der Waals surface area contributed by atoms with Crippen LogP contribution in [0.5, 0.6) is 11.5 Å². The van der Waals surface area contributed by atoms with Crippen LogP contribution in [0.4, 0.5) is 14.5 Å². The van der Waals surface area contributed by atoms with Crippen LogP contribution in [0, 0.1) is 25.5 Å². The molecule has 37 heavy (non-hydrogen) atoms. The lowest BCUT2D eigenvalue weighted by Crippen LogP contribution is -2.12. The molecule has 0 aliphatic heterocycles. The third-order valence-electron chi connectivity index (χ3n) is 5.62. The van der Waals surface area contributed by atoms with Gasteiger partial charge < -0.3 is 18.5 Å². The van der Waals surface area contributed by atoms with E-state index in [1.54, 1.807) is 50.4 Å². The topological polar surface area (TPSA) is 82.2 Å². The summed E-state index contributed by atoms with van der Waals surface area (Å²) >= 11 is 1.51. The summed E-state index contributed by atoms with van der Waals surface area (Å²) in [7, 11) is 0. The molecule has 0 unspecified atom stereocenters. The quantitative estimate of drug-likeness (QED) is 0.236. The van der Waals surface area contributed by atoms with Gasteiger partial charge in [-0.15, -0.1) is 0 Å². The first-order valence-corrected chi connectivity index (χ1v) is 12.4. The van der Waals surface area contributed by atoms with Crippen molar-refractivity contribution in [2.75, 3.05) is 10.5 Å². The fraction of sp³-hybridized carbons (Fsp3) is 0.148. The standard InChI is InChI=1S/C27H22F2N4O3S/c1-4-37-32-19-7-10-25(35-24-9-6-18(28)12-21(24)29)23(13-19)33-14-15(2)26(34)20-11-17(5-8-22(20)33)27-30-16(3)31-36-27/h5-14,32H,4H2,1-3H3. The van der Waals surface area contributed by atoms with Crippen LogP contribution in [0.25, 0.3) is 28.0 Å². The van der Waals surface area contributed by atoms with Crippen LogP contribution in [0.3, 0.4) is 0 Å². The highest BCUT2D eigenvalue weighted by Crippen LogP contribution is 2.35. The third kappa shape index (κ3) is 4.92. The van der Waals surface area contributed by atoms with Crippen LogP contribution in [0.15, 0.2) is 70.1 Å². The largest absolute Gasteiger partial charge is 0.452 e. The van der Waals surface area contributed by atoms with Gasteiger partial charge in [-0.25, -0.2) is 8.78 Å². The summed E-state index contributed by atoms with van der Waals surface area (Å²) in [4.78, 5) is 17.4. The Balaban J connectivity index is 1.70. The maximum atomic E-state index is 14.4. The number of fused-ring (bicyclic) bond motifs is 1. The second kappa shape index (κ2) is 10.1. The number of pyridine rings is 1. The first-order chi connectivity index (χ1) is 17.8. The molecule has 188 valence electrons. The molecule has 0 bridgehead atoms. The first-order valence-electron chi connectivity index (χ1n) is 11.5. The van der Waals surface area contributed by atoms with Crippen molar-refractivity contribution >= 4 is 28.5 Å². The lowest BCUT2D eigenvalue weighted by atomic mass is 10.1. The number of nitrogens with one attached hydrogen (secondary N) is 1. The van der Waals surface area contributed by atoms with E-state index >= 15 is 0 Å². The fourth-order valence-electron chi connectivity index (χ4n) is 3.90. The fourth-order valence-corrected chi connectivity index (χ4v) is 4.33. The van der Waals surface area contributed by atoms with Crippen LogP contribution in [0.1, 0.15) is 18.3 Å². The normalized spacial score (nSPS) is 11.2. The molecule has 0 saturated heterocycles. The number of anilines is 1. The highest BCUT2D eigenvalue weighted by molar-refractivity contribution is 8.00. The third-order valence-corrected chi connectivity index (χ3v) is 6.29. The van der Waals surface area contributed by atoms with Crippen LogP contribution in [0.2, 0.25) is 0 Å². The minimum Gasteiger partial charge on any atom is -0.452 e. The van der Waals surface area contributed by atoms with Crippen molar-refractivity contribution in [1.29, 1.82) is 0 Å². The molecule has 1 N–H and O–H groups in total. The number of rotatable bonds is 7. The van der Waals surface area contributed by atoms with E-state index in [4.69, 9.17) is 9.26 Å². The molecular formula is C27H22F2N4O3S. The zero-order chi connectivity index (χ0) is 26.1. The molecule has 0 amide bonds. The van der Waals surface area contributed by atoms with Gasteiger partial charge >= 0.3 is 0 Å². The van der Waals surface area contributed by atoms with E-state index in [9.17, 15) is 13.6 Å². The van der Waals surface area contributed by atoms with E-state index in [1.165, 1.54) is 18.0 Å². The highest BCUT2D eigenvalue weighted by atomic mass is 32.2. The van der Waals surface area contributed by atoms with Gasteiger partial charge in [0.15, 0.2) is 28.6 Å².